The Morgan fingerprint density at radius 1 is 1.27 bits per heavy atom. The maximum Gasteiger partial charge on any atom is 1.00 e. The molecule has 0 aliphatic carbocycles. The minimum atomic E-state index is -0.495. The first kappa shape index (κ1) is 14.7. The minimum absolute atomic E-state index is 0. The molecule has 0 saturated heterocycles. The fourth-order valence-corrected chi connectivity index (χ4v) is 1.25. The van der Waals surface area contributed by atoms with Gasteiger partial charge in [-0.3, -0.25) is 4.79 Å². The topological polar surface area (TPSA) is 43.4 Å². The summed E-state index contributed by atoms with van der Waals surface area (Å²) in [4.78, 5) is 22.4. The molecule has 0 unspecified atom stereocenters. The van der Waals surface area contributed by atoms with Crippen molar-refractivity contribution in [3.8, 4) is 0 Å². The van der Waals surface area contributed by atoms with Gasteiger partial charge in [-0.1, -0.05) is 12.1 Å². The van der Waals surface area contributed by atoms with E-state index in [2.05, 4.69) is 12.6 Å². The standard InChI is InChI=1S/C10H10O3S.Na/c1-2-13-9(11)7-5-3-4-6-8(7)10(12)14;/h3-6H,2H2,1H3,(H,12,14);/q;+1. The SMILES string of the molecule is CCOC(=O)c1ccccc1C(=O)S.[Na+]. The van der Waals surface area contributed by atoms with Crippen molar-refractivity contribution in [2.75, 3.05) is 6.61 Å². The molecular formula is C10H10NaO3S+. The van der Waals surface area contributed by atoms with E-state index in [0.717, 1.165) is 0 Å². The first-order chi connectivity index (χ1) is 6.66. The van der Waals surface area contributed by atoms with Crippen LogP contribution in [0.3, 0.4) is 0 Å². The Hall–Kier alpha value is -0.290. The van der Waals surface area contributed by atoms with Gasteiger partial charge in [0.1, 0.15) is 0 Å². The number of ether oxygens (including phenoxy) is 1. The van der Waals surface area contributed by atoms with Crippen molar-refractivity contribution in [3.05, 3.63) is 35.4 Å². The number of carbonyl (C=O) groups is 2. The third-order valence-corrected chi connectivity index (χ3v) is 1.89. The monoisotopic (exact) mass is 233 g/mol. The van der Waals surface area contributed by atoms with Crippen LogP contribution < -0.4 is 29.6 Å². The molecule has 0 bridgehead atoms. The number of rotatable bonds is 3. The van der Waals surface area contributed by atoms with Crippen LogP contribution in [0, 0.1) is 0 Å². The van der Waals surface area contributed by atoms with Crippen molar-refractivity contribution in [2.45, 2.75) is 6.92 Å². The first-order valence-corrected chi connectivity index (χ1v) is 4.61. The van der Waals surface area contributed by atoms with E-state index < -0.39 is 11.1 Å². The molecule has 0 amide bonds. The van der Waals surface area contributed by atoms with Gasteiger partial charge in [0.25, 0.3) is 0 Å². The van der Waals surface area contributed by atoms with Crippen LogP contribution in [0.25, 0.3) is 0 Å². The Labute approximate surface area is 116 Å². The maximum atomic E-state index is 11.4. The fraction of sp³-hybridized carbons (Fsp3) is 0.200. The molecule has 3 nitrogen and oxygen atoms in total. The van der Waals surface area contributed by atoms with Crippen LogP contribution in [0.5, 0.6) is 0 Å². The van der Waals surface area contributed by atoms with E-state index in [-0.39, 0.29) is 47.3 Å². The van der Waals surface area contributed by atoms with Crippen LogP contribution in [0.1, 0.15) is 27.6 Å². The summed E-state index contributed by atoms with van der Waals surface area (Å²) in [5.41, 5.74) is 0.531. The van der Waals surface area contributed by atoms with Crippen molar-refractivity contribution in [1.29, 1.82) is 0 Å². The van der Waals surface area contributed by atoms with E-state index in [4.69, 9.17) is 4.74 Å². The number of esters is 1. The summed E-state index contributed by atoms with van der Waals surface area (Å²) in [5.74, 6) is -0.495. The molecule has 0 radical (unpaired) electrons. The Morgan fingerprint density at radius 2 is 1.80 bits per heavy atom. The van der Waals surface area contributed by atoms with Gasteiger partial charge in [0.15, 0.2) is 0 Å². The van der Waals surface area contributed by atoms with Gasteiger partial charge in [-0.05, 0) is 19.1 Å². The molecule has 1 rings (SSSR count). The molecule has 0 aliphatic rings. The van der Waals surface area contributed by atoms with Crippen molar-refractivity contribution < 1.29 is 43.9 Å². The second kappa shape index (κ2) is 7.06. The minimum Gasteiger partial charge on any atom is -0.462 e. The van der Waals surface area contributed by atoms with Gasteiger partial charge >= 0.3 is 35.5 Å². The molecule has 0 atom stereocenters. The summed E-state index contributed by atoms with van der Waals surface area (Å²) in [6.07, 6.45) is 0. The molecular weight excluding hydrogens is 223 g/mol. The zero-order valence-corrected chi connectivity index (χ0v) is 11.6. The van der Waals surface area contributed by atoms with E-state index in [1.54, 1.807) is 31.2 Å². The number of carbonyl (C=O) groups excluding carboxylic acids is 2. The number of hydrogen-bond donors (Lipinski definition) is 1. The Bertz CT molecular complexity index is 365. The van der Waals surface area contributed by atoms with Crippen LogP contribution in [-0.4, -0.2) is 17.7 Å². The van der Waals surface area contributed by atoms with Gasteiger partial charge in [0.05, 0.1) is 12.2 Å². The van der Waals surface area contributed by atoms with E-state index in [9.17, 15) is 9.59 Å². The van der Waals surface area contributed by atoms with Gasteiger partial charge in [-0.2, -0.15) is 0 Å². The Balaban J connectivity index is 0.00000196. The molecule has 0 spiro atoms. The molecule has 74 valence electrons. The zero-order chi connectivity index (χ0) is 10.6. The quantitative estimate of drug-likeness (QED) is 0.411. The normalized spacial score (nSPS) is 8.93. The molecule has 0 aliphatic heterocycles. The molecule has 1 aromatic rings. The first-order valence-electron chi connectivity index (χ1n) is 4.16. The summed E-state index contributed by atoms with van der Waals surface area (Å²) < 4.78 is 4.79. The summed E-state index contributed by atoms with van der Waals surface area (Å²) in [5, 5.41) is -0.436. The summed E-state index contributed by atoms with van der Waals surface area (Å²) >= 11 is 3.67. The molecule has 5 heteroatoms. The number of hydrogen-bond acceptors (Lipinski definition) is 3. The van der Waals surface area contributed by atoms with Gasteiger partial charge in [0, 0.05) is 5.56 Å². The average Bonchev–Trinajstić information content (AvgIpc) is 2.18. The molecule has 0 heterocycles. The molecule has 0 fully saturated rings. The van der Waals surface area contributed by atoms with E-state index in [1.807, 2.05) is 0 Å². The van der Waals surface area contributed by atoms with E-state index in [0.29, 0.717) is 0 Å². The van der Waals surface area contributed by atoms with Crippen LogP contribution >= 0.6 is 12.6 Å². The smallest absolute Gasteiger partial charge is 0.462 e. The van der Waals surface area contributed by atoms with Crippen LogP contribution in [-0.2, 0) is 4.74 Å². The van der Waals surface area contributed by atoms with Gasteiger partial charge < -0.3 is 4.74 Å². The second-order valence-electron chi connectivity index (χ2n) is 2.57. The summed E-state index contributed by atoms with van der Waals surface area (Å²) in [6, 6.07) is 6.43. The zero-order valence-electron chi connectivity index (χ0n) is 8.69. The van der Waals surface area contributed by atoms with E-state index >= 15 is 0 Å². The molecule has 0 N–H and O–H groups in total. The van der Waals surface area contributed by atoms with Crippen LogP contribution in [0.15, 0.2) is 24.3 Å². The number of thiol groups is 1. The van der Waals surface area contributed by atoms with Gasteiger partial charge in [-0.15, -0.1) is 12.6 Å². The van der Waals surface area contributed by atoms with Crippen molar-refractivity contribution >= 4 is 23.7 Å². The molecule has 0 saturated carbocycles. The summed E-state index contributed by atoms with van der Waals surface area (Å²) in [6.45, 7) is 2.00. The van der Waals surface area contributed by atoms with Gasteiger partial charge in [-0.25, -0.2) is 4.79 Å². The molecule has 15 heavy (non-hydrogen) atoms. The Kier molecular flexibility index (Phi) is 6.92. The van der Waals surface area contributed by atoms with Gasteiger partial charge in [0.2, 0.25) is 5.12 Å². The van der Waals surface area contributed by atoms with E-state index in [1.165, 1.54) is 0 Å². The molecule has 0 aromatic heterocycles. The van der Waals surface area contributed by atoms with Crippen molar-refractivity contribution in [3.63, 3.8) is 0 Å². The number of benzene rings is 1. The average molecular weight is 233 g/mol. The largest absolute Gasteiger partial charge is 1.00 e. The van der Waals surface area contributed by atoms with Crippen molar-refractivity contribution in [1.82, 2.24) is 0 Å². The second-order valence-corrected chi connectivity index (χ2v) is 2.98. The third-order valence-electron chi connectivity index (χ3n) is 1.65. The predicted molar refractivity (Wildman–Crippen MR) is 55.7 cm³/mol. The predicted octanol–water partition coefficient (Wildman–Crippen LogP) is -1.06. The third kappa shape index (κ3) is 3.99. The summed E-state index contributed by atoms with van der Waals surface area (Å²) in [7, 11) is 0. The molecule has 1 aromatic carbocycles. The van der Waals surface area contributed by atoms with Crippen LogP contribution in [0.4, 0.5) is 0 Å². The van der Waals surface area contributed by atoms with Crippen LogP contribution in [0.2, 0.25) is 0 Å². The fourth-order valence-electron chi connectivity index (χ4n) is 1.06. The Morgan fingerprint density at radius 3 is 2.27 bits per heavy atom. The maximum absolute atomic E-state index is 11.4. The van der Waals surface area contributed by atoms with Crippen molar-refractivity contribution in [2.24, 2.45) is 0 Å².